The highest BCUT2D eigenvalue weighted by molar-refractivity contribution is 6.35. The Bertz CT molecular complexity index is 301. The van der Waals surface area contributed by atoms with Crippen LogP contribution in [-0.2, 0) is 0 Å². The van der Waals surface area contributed by atoms with E-state index in [4.69, 9.17) is 0 Å². The van der Waals surface area contributed by atoms with Crippen LogP contribution >= 0.6 is 11.6 Å². The predicted molar refractivity (Wildman–Crippen MR) is 38.6 cm³/mol. The van der Waals surface area contributed by atoms with Gasteiger partial charge in [-0.15, -0.1) is 0 Å². The summed E-state index contributed by atoms with van der Waals surface area (Å²) in [6.45, 7) is 1.49. The Morgan fingerprint density at radius 3 is 2.50 bits per heavy atom. The average Bonchev–Trinajstić information content (AvgIpc) is 2.31. The lowest BCUT2D eigenvalue weighted by Gasteiger charge is -2.03. The van der Waals surface area contributed by atoms with Gasteiger partial charge in [-0.25, -0.2) is 0 Å². The molecule has 0 amide bonds. The van der Waals surface area contributed by atoms with E-state index >= 15 is 0 Å². The molecule has 0 saturated carbocycles. The van der Waals surface area contributed by atoms with E-state index in [1.807, 2.05) is 0 Å². The van der Waals surface area contributed by atoms with Crippen LogP contribution in [0.4, 0.5) is 8.78 Å². The van der Waals surface area contributed by atoms with Crippen molar-refractivity contribution < 1.29 is 18.0 Å². The Balaban J connectivity index is 3.01. The molecule has 0 bridgehead atoms. The molecule has 2 nitrogen and oxygen atoms in total. The number of ketones is 1. The van der Waals surface area contributed by atoms with Crippen LogP contribution in [-0.4, -0.2) is 11.2 Å². The van der Waals surface area contributed by atoms with Crippen LogP contribution in [0.15, 0.2) is 16.9 Å². The number of carbonyl (C=O) groups is 1. The van der Waals surface area contributed by atoms with E-state index in [9.17, 15) is 13.6 Å². The first-order valence-corrected chi connectivity index (χ1v) is 3.45. The van der Waals surface area contributed by atoms with Crippen LogP contribution in [0, 0.1) is 6.92 Å². The molecule has 0 radical (unpaired) electrons. The second-order valence-electron chi connectivity index (χ2n) is 2.30. The third kappa shape index (κ3) is 1.64. The molecular weight excluding hydrogens is 190 g/mol. The van der Waals surface area contributed by atoms with Crippen LogP contribution in [0.3, 0.4) is 0 Å². The molecule has 1 aromatic rings. The van der Waals surface area contributed by atoms with Crippen molar-refractivity contribution in [2.45, 2.75) is 12.3 Å². The molecule has 0 fully saturated rings. The molecule has 0 atom stereocenters. The highest BCUT2D eigenvalue weighted by atomic mass is 35.5. The van der Waals surface area contributed by atoms with Gasteiger partial charge in [-0.05, 0) is 24.1 Å². The van der Waals surface area contributed by atoms with Crippen LogP contribution in [0.5, 0.6) is 0 Å². The van der Waals surface area contributed by atoms with E-state index in [0.717, 1.165) is 6.26 Å². The first-order chi connectivity index (χ1) is 5.43. The van der Waals surface area contributed by atoms with Crippen molar-refractivity contribution in [3.63, 3.8) is 0 Å². The van der Waals surface area contributed by atoms with E-state index in [1.54, 1.807) is 0 Å². The molecule has 0 aromatic carbocycles. The first kappa shape index (κ1) is 9.19. The van der Waals surface area contributed by atoms with Gasteiger partial charge in [-0.1, -0.05) is 0 Å². The molecule has 5 heteroatoms. The standard InChI is InChI=1S/C7H5ClF2O2/c1-4-2-12-3-5(4)6(11)7(8,9)10/h2-3H,1H3. The number of rotatable bonds is 2. The SMILES string of the molecule is Cc1cocc1C(=O)C(F)(F)Cl. The van der Waals surface area contributed by atoms with Crippen LogP contribution in [0.1, 0.15) is 15.9 Å². The van der Waals surface area contributed by atoms with Crippen molar-refractivity contribution in [2.75, 3.05) is 0 Å². The zero-order valence-electron chi connectivity index (χ0n) is 6.11. The van der Waals surface area contributed by atoms with E-state index in [0.29, 0.717) is 5.56 Å². The molecule has 0 spiro atoms. The molecule has 0 N–H and O–H groups in total. The third-order valence-corrected chi connectivity index (χ3v) is 1.53. The van der Waals surface area contributed by atoms with Gasteiger partial charge in [0.05, 0.1) is 11.8 Å². The number of carbonyl (C=O) groups excluding carboxylic acids is 1. The second kappa shape index (κ2) is 2.86. The summed E-state index contributed by atoms with van der Waals surface area (Å²) in [6.07, 6.45) is 2.16. The number of hydrogen-bond donors (Lipinski definition) is 0. The molecule has 1 heterocycles. The number of furan rings is 1. The highest BCUT2D eigenvalue weighted by Crippen LogP contribution is 2.26. The largest absolute Gasteiger partial charge is 0.472 e. The quantitative estimate of drug-likeness (QED) is 0.535. The van der Waals surface area contributed by atoms with E-state index < -0.39 is 11.2 Å². The fourth-order valence-corrected chi connectivity index (χ4v) is 0.848. The van der Waals surface area contributed by atoms with Gasteiger partial charge in [-0.3, -0.25) is 4.79 Å². The highest BCUT2D eigenvalue weighted by Gasteiger charge is 2.37. The minimum Gasteiger partial charge on any atom is -0.472 e. The number of aryl methyl sites for hydroxylation is 1. The molecule has 1 rings (SSSR count). The Morgan fingerprint density at radius 2 is 2.17 bits per heavy atom. The summed E-state index contributed by atoms with van der Waals surface area (Å²) >= 11 is 4.52. The summed E-state index contributed by atoms with van der Waals surface area (Å²) in [7, 11) is 0. The zero-order valence-corrected chi connectivity index (χ0v) is 6.86. The van der Waals surface area contributed by atoms with Gasteiger partial charge in [0.15, 0.2) is 0 Å². The first-order valence-electron chi connectivity index (χ1n) is 3.07. The summed E-state index contributed by atoms with van der Waals surface area (Å²) in [5.41, 5.74) is 0.162. The Morgan fingerprint density at radius 1 is 1.58 bits per heavy atom. The van der Waals surface area contributed by atoms with Gasteiger partial charge >= 0.3 is 5.38 Å². The number of hydrogen-bond acceptors (Lipinski definition) is 2. The Kier molecular flexibility index (Phi) is 2.19. The Hall–Kier alpha value is -0.900. The van der Waals surface area contributed by atoms with Gasteiger partial charge in [-0.2, -0.15) is 8.78 Å². The zero-order chi connectivity index (χ0) is 9.35. The van der Waals surface area contributed by atoms with Crippen LogP contribution in [0.2, 0.25) is 0 Å². The lowest BCUT2D eigenvalue weighted by atomic mass is 10.1. The lowest BCUT2D eigenvalue weighted by Crippen LogP contribution is -2.21. The van der Waals surface area contributed by atoms with Crippen molar-refractivity contribution in [3.8, 4) is 0 Å². The maximum atomic E-state index is 12.2. The van der Waals surface area contributed by atoms with Gasteiger partial charge in [0.2, 0.25) is 0 Å². The summed E-state index contributed by atoms with van der Waals surface area (Å²) < 4.78 is 29.0. The second-order valence-corrected chi connectivity index (χ2v) is 2.77. The normalized spacial score (nSPS) is 11.7. The molecule has 0 aliphatic heterocycles. The molecule has 0 aliphatic carbocycles. The number of Topliss-reactive ketones (excluding diaryl/α,β-unsaturated/α-hetero) is 1. The topological polar surface area (TPSA) is 30.2 Å². The Labute approximate surface area is 72.1 Å². The molecule has 0 saturated heterocycles. The number of halogens is 3. The fraction of sp³-hybridized carbons (Fsp3) is 0.286. The molecule has 66 valence electrons. The molecular formula is C7H5ClF2O2. The summed E-state index contributed by atoms with van der Waals surface area (Å²) in [4.78, 5) is 10.8. The van der Waals surface area contributed by atoms with E-state index in [2.05, 4.69) is 16.0 Å². The molecule has 0 unspecified atom stereocenters. The van der Waals surface area contributed by atoms with E-state index in [1.165, 1.54) is 13.2 Å². The molecule has 0 aliphatic rings. The maximum Gasteiger partial charge on any atom is 0.385 e. The van der Waals surface area contributed by atoms with Gasteiger partial charge in [0.25, 0.3) is 5.78 Å². The van der Waals surface area contributed by atoms with E-state index in [-0.39, 0.29) is 5.56 Å². The van der Waals surface area contributed by atoms with Gasteiger partial charge < -0.3 is 4.42 Å². The monoisotopic (exact) mass is 194 g/mol. The van der Waals surface area contributed by atoms with Gasteiger partial charge in [0.1, 0.15) is 6.26 Å². The van der Waals surface area contributed by atoms with Crippen molar-refractivity contribution in [1.29, 1.82) is 0 Å². The fourth-order valence-electron chi connectivity index (χ4n) is 0.746. The third-order valence-electron chi connectivity index (χ3n) is 1.36. The van der Waals surface area contributed by atoms with Crippen molar-refractivity contribution in [1.82, 2.24) is 0 Å². The van der Waals surface area contributed by atoms with Crippen molar-refractivity contribution in [2.24, 2.45) is 0 Å². The lowest BCUT2D eigenvalue weighted by molar-refractivity contribution is 0.0535. The average molecular weight is 195 g/mol. The summed E-state index contributed by atoms with van der Waals surface area (Å²) in [5, 5.41) is -3.85. The minimum atomic E-state index is -3.85. The minimum absolute atomic E-state index is 0.185. The van der Waals surface area contributed by atoms with Crippen LogP contribution < -0.4 is 0 Å². The molecule has 1 aromatic heterocycles. The van der Waals surface area contributed by atoms with Crippen molar-refractivity contribution >= 4 is 17.4 Å². The smallest absolute Gasteiger partial charge is 0.385 e. The van der Waals surface area contributed by atoms with Gasteiger partial charge in [0, 0.05) is 0 Å². The molecule has 12 heavy (non-hydrogen) atoms. The number of alkyl halides is 3. The summed E-state index contributed by atoms with van der Waals surface area (Å²) in [5.74, 6) is -1.43. The predicted octanol–water partition coefficient (Wildman–Crippen LogP) is 2.60. The maximum absolute atomic E-state index is 12.2. The summed E-state index contributed by atoms with van der Waals surface area (Å²) in [6, 6.07) is 0. The van der Waals surface area contributed by atoms with Crippen LogP contribution in [0.25, 0.3) is 0 Å². The van der Waals surface area contributed by atoms with Crippen molar-refractivity contribution in [3.05, 3.63) is 23.7 Å².